The first kappa shape index (κ1) is 19.2. The van der Waals surface area contributed by atoms with E-state index < -0.39 is 0 Å². The summed E-state index contributed by atoms with van der Waals surface area (Å²) in [7, 11) is 0. The Kier molecular flexibility index (Phi) is 7.73. The summed E-state index contributed by atoms with van der Waals surface area (Å²) in [6.45, 7) is 4.13. The Bertz CT molecular complexity index is 680. The molecule has 134 valence electrons. The SMILES string of the molecule is Cc1cc(OCCO)ccc1N1CCNCC1=O.Clc1ccccc1. The smallest absolute Gasteiger partial charge is 0.240 e. The highest BCUT2D eigenvalue weighted by Crippen LogP contribution is 2.25. The number of aliphatic hydroxyl groups is 1. The molecule has 1 aliphatic heterocycles. The number of benzene rings is 2. The molecule has 0 aromatic heterocycles. The van der Waals surface area contributed by atoms with Crippen molar-refractivity contribution in [1.82, 2.24) is 5.32 Å². The third-order valence-electron chi connectivity index (χ3n) is 3.64. The minimum Gasteiger partial charge on any atom is -0.491 e. The fourth-order valence-corrected chi connectivity index (χ4v) is 2.61. The van der Waals surface area contributed by atoms with Crippen LogP contribution in [0.4, 0.5) is 5.69 Å². The van der Waals surface area contributed by atoms with Crippen molar-refractivity contribution >= 4 is 23.2 Å². The quantitative estimate of drug-likeness (QED) is 0.877. The zero-order valence-electron chi connectivity index (χ0n) is 14.2. The van der Waals surface area contributed by atoms with Gasteiger partial charge in [-0.3, -0.25) is 4.79 Å². The van der Waals surface area contributed by atoms with E-state index in [1.807, 2.05) is 55.5 Å². The third-order valence-corrected chi connectivity index (χ3v) is 3.89. The van der Waals surface area contributed by atoms with Crippen LogP contribution in [0.15, 0.2) is 48.5 Å². The topological polar surface area (TPSA) is 61.8 Å². The van der Waals surface area contributed by atoms with Crippen LogP contribution in [0.3, 0.4) is 0 Å². The molecule has 0 saturated carbocycles. The fourth-order valence-electron chi connectivity index (χ4n) is 2.46. The van der Waals surface area contributed by atoms with Crippen molar-refractivity contribution in [3.8, 4) is 5.75 Å². The van der Waals surface area contributed by atoms with Crippen LogP contribution in [0.25, 0.3) is 0 Å². The molecule has 0 radical (unpaired) electrons. The monoisotopic (exact) mass is 362 g/mol. The molecule has 5 nitrogen and oxygen atoms in total. The molecular formula is C19H23ClN2O3. The molecular weight excluding hydrogens is 340 g/mol. The van der Waals surface area contributed by atoms with Gasteiger partial charge in [0.05, 0.1) is 13.2 Å². The molecule has 0 spiro atoms. The van der Waals surface area contributed by atoms with Crippen LogP contribution in [0.1, 0.15) is 5.56 Å². The van der Waals surface area contributed by atoms with Crippen molar-refractivity contribution in [2.24, 2.45) is 0 Å². The van der Waals surface area contributed by atoms with Gasteiger partial charge in [0.25, 0.3) is 0 Å². The van der Waals surface area contributed by atoms with E-state index in [9.17, 15) is 4.79 Å². The molecule has 0 bridgehead atoms. The number of aliphatic hydroxyl groups excluding tert-OH is 1. The van der Waals surface area contributed by atoms with Crippen molar-refractivity contribution in [2.75, 3.05) is 37.7 Å². The second-order valence-electron chi connectivity index (χ2n) is 5.54. The molecule has 1 heterocycles. The molecule has 2 aromatic carbocycles. The Balaban J connectivity index is 0.000000269. The third kappa shape index (κ3) is 6.05. The molecule has 1 amide bonds. The van der Waals surface area contributed by atoms with Crippen LogP contribution in [0.2, 0.25) is 5.02 Å². The fraction of sp³-hybridized carbons (Fsp3) is 0.316. The molecule has 1 aliphatic rings. The Morgan fingerprint density at radius 1 is 1.24 bits per heavy atom. The predicted octanol–water partition coefficient (Wildman–Crippen LogP) is 2.64. The maximum Gasteiger partial charge on any atom is 0.240 e. The lowest BCUT2D eigenvalue weighted by Gasteiger charge is -2.28. The Labute approximate surface area is 153 Å². The highest BCUT2D eigenvalue weighted by Gasteiger charge is 2.20. The number of piperazine rings is 1. The van der Waals surface area contributed by atoms with Crippen molar-refractivity contribution in [3.05, 3.63) is 59.1 Å². The molecule has 25 heavy (non-hydrogen) atoms. The number of nitrogens with one attached hydrogen (secondary N) is 1. The Morgan fingerprint density at radius 3 is 2.56 bits per heavy atom. The normalized spacial score (nSPS) is 13.9. The van der Waals surface area contributed by atoms with Gasteiger partial charge in [-0.2, -0.15) is 0 Å². The van der Waals surface area contributed by atoms with Gasteiger partial charge in [0.2, 0.25) is 5.91 Å². The summed E-state index contributed by atoms with van der Waals surface area (Å²) >= 11 is 5.54. The number of aryl methyl sites for hydroxylation is 1. The number of carbonyl (C=O) groups is 1. The number of ether oxygens (including phenoxy) is 1. The van der Waals surface area contributed by atoms with Crippen LogP contribution in [0, 0.1) is 6.92 Å². The number of carbonyl (C=O) groups excluding carboxylic acids is 1. The molecule has 0 atom stereocenters. The second kappa shape index (κ2) is 10.0. The number of rotatable bonds is 4. The largest absolute Gasteiger partial charge is 0.491 e. The van der Waals surface area contributed by atoms with Crippen LogP contribution >= 0.6 is 11.6 Å². The van der Waals surface area contributed by atoms with E-state index in [1.165, 1.54) is 0 Å². The molecule has 3 rings (SSSR count). The van der Waals surface area contributed by atoms with Gasteiger partial charge >= 0.3 is 0 Å². The average Bonchev–Trinajstić information content (AvgIpc) is 2.62. The zero-order chi connectivity index (χ0) is 18.1. The summed E-state index contributed by atoms with van der Waals surface area (Å²) in [6.07, 6.45) is 0. The van der Waals surface area contributed by atoms with Crippen molar-refractivity contribution in [1.29, 1.82) is 0 Å². The van der Waals surface area contributed by atoms with Gasteiger partial charge in [0.1, 0.15) is 12.4 Å². The van der Waals surface area contributed by atoms with Crippen molar-refractivity contribution in [2.45, 2.75) is 6.92 Å². The zero-order valence-corrected chi connectivity index (χ0v) is 15.0. The van der Waals surface area contributed by atoms with Gasteiger partial charge in [-0.1, -0.05) is 29.8 Å². The highest BCUT2D eigenvalue weighted by atomic mass is 35.5. The summed E-state index contributed by atoms with van der Waals surface area (Å²) in [5.41, 5.74) is 1.93. The van der Waals surface area contributed by atoms with Crippen LogP contribution < -0.4 is 15.0 Å². The summed E-state index contributed by atoms with van der Waals surface area (Å²) in [6, 6.07) is 15.1. The number of hydrogen-bond donors (Lipinski definition) is 2. The maximum atomic E-state index is 11.8. The number of hydrogen-bond acceptors (Lipinski definition) is 4. The lowest BCUT2D eigenvalue weighted by Crippen LogP contribution is -2.48. The van der Waals surface area contributed by atoms with E-state index in [0.29, 0.717) is 18.8 Å². The summed E-state index contributed by atoms with van der Waals surface area (Å²) < 4.78 is 5.34. The van der Waals surface area contributed by atoms with Gasteiger partial charge in [-0.05, 0) is 42.8 Å². The first-order valence-electron chi connectivity index (χ1n) is 8.17. The van der Waals surface area contributed by atoms with Gasteiger partial charge in [0.15, 0.2) is 0 Å². The Morgan fingerprint density at radius 2 is 2.00 bits per heavy atom. The van der Waals surface area contributed by atoms with Crippen LogP contribution in [0.5, 0.6) is 5.75 Å². The second-order valence-corrected chi connectivity index (χ2v) is 5.97. The number of nitrogens with zero attached hydrogens (tertiary/aromatic N) is 1. The summed E-state index contributed by atoms with van der Waals surface area (Å²) in [5.74, 6) is 0.807. The van der Waals surface area contributed by atoms with Gasteiger partial charge in [0, 0.05) is 23.8 Å². The summed E-state index contributed by atoms with van der Waals surface area (Å²) in [4.78, 5) is 13.6. The van der Waals surface area contributed by atoms with Gasteiger partial charge in [-0.25, -0.2) is 0 Å². The van der Waals surface area contributed by atoms with E-state index in [0.717, 1.165) is 22.8 Å². The van der Waals surface area contributed by atoms with Crippen LogP contribution in [-0.2, 0) is 4.79 Å². The number of amides is 1. The van der Waals surface area contributed by atoms with E-state index in [1.54, 1.807) is 4.90 Å². The maximum absolute atomic E-state index is 11.8. The van der Waals surface area contributed by atoms with Crippen LogP contribution in [-0.4, -0.2) is 43.9 Å². The highest BCUT2D eigenvalue weighted by molar-refractivity contribution is 6.30. The predicted molar refractivity (Wildman–Crippen MR) is 100 cm³/mol. The van der Waals surface area contributed by atoms with Crippen molar-refractivity contribution in [3.63, 3.8) is 0 Å². The number of halogens is 1. The van der Waals surface area contributed by atoms with E-state index in [4.69, 9.17) is 21.4 Å². The van der Waals surface area contributed by atoms with E-state index >= 15 is 0 Å². The van der Waals surface area contributed by atoms with Gasteiger partial charge in [-0.15, -0.1) is 0 Å². The molecule has 1 saturated heterocycles. The lowest BCUT2D eigenvalue weighted by atomic mass is 10.1. The van der Waals surface area contributed by atoms with Crippen molar-refractivity contribution < 1.29 is 14.6 Å². The first-order chi connectivity index (χ1) is 12.1. The molecule has 6 heteroatoms. The molecule has 0 aliphatic carbocycles. The number of anilines is 1. The first-order valence-corrected chi connectivity index (χ1v) is 8.55. The average molecular weight is 363 g/mol. The van der Waals surface area contributed by atoms with E-state index in [-0.39, 0.29) is 19.1 Å². The molecule has 2 aromatic rings. The summed E-state index contributed by atoms with van der Waals surface area (Å²) in [5, 5.41) is 12.5. The Hall–Kier alpha value is -2.08. The lowest BCUT2D eigenvalue weighted by molar-refractivity contribution is -0.118. The van der Waals surface area contributed by atoms with E-state index in [2.05, 4.69) is 5.32 Å². The standard InChI is InChI=1S/C13H18N2O3.C6H5Cl/c1-10-8-11(18-7-6-16)2-3-12(10)15-5-4-14-9-13(15)17;7-6-4-2-1-3-5-6/h2-3,8,14,16H,4-7,9H2,1H3;1-5H. The molecule has 1 fully saturated rings. The van der Waals surface area contributed by atoms with Gasteiger partial charge < -0.3 is 20.1 Å². The minimum atomic E-state index is -0.00290. The molecule has 0 unspecified atom stereocenters. The molecule has 2 N–H and O–H groups in total. The minimum absolute atomic E-state index is 0.00290.